The molecule has 0 aliphatic heterocycles. The van der Waals surface area contributed by atoms with Crippen molar-refractivity contribution in [3.8, 4) is 11.5 Å². The van der Waals surface area contributed by atoms with Gasteiger partial charge in [-0.3, -0.25) is 0 Å². The molecular weight excluding hydrogens is 218 g/mol. The lowest BCUT2D eigenvalue weighted by atomic mass is 10.2. The molecule has 2 N–H and O–H groups in total. The third kappa shape index (κ3) is 4.63. The van der Waals surface area contributed by atoms with E-state index < -0.39 is 0 Å². The molecule has 0 radical (unpaired) electrons. The van der Waals surface area contributed by atoms with Crippen LogP contribution in [0.4, 0.5) is 0 Å². The molecule has 0 aromatic heterocycles. The predicted octanol–water partition coefficient (Wildman–Crippen LogP) is 1.92. The molecule has 0 aliphatic rings. The number of phenols is 1. The standard InChI is InChI=1S/C13H21NO3/c1-4-17-13-7-11(5-6-12(13)15)8-14-10(2)9-16-3/h5-7,10,14-15H,4,8-9H2,1-3H3. The Labute approximate surface area is 103 Å². The maximum atomic E-state index is 9.56. The zero-order valence-electron chi connectivity index (χ0n) is 10.7. The van der Waals surface area contributed by atoms with Crippen molar-refractivity contribution in [2.45, 2.75) is 26.4 Å². The lowest BCUT2D eigenvalue weighted by molar-refractivity contribution is 0.171. The van der Waals surface area contributed by atoms with Crippen LogP contribution in [0.15, 0.2) is 18.2 Å². The second-order valence-electron chi connectivity index (χ2n) is 3.97. The molecule has 0 spiro atoms. The van der Waals surface area contributed by atoms with Gasteiger partial charge in [-0.15, -0.1) is 0 Å². The molecule has 0 aliphatic carbocycles. The van der Waals surface area contributed by atoms with E-state index in [-0.39, 0.29) is 5.75 Å². The second-order valence-corrected chi connectivity index (χ2v) is 3.97. The fourth-order valence-corrected chi connectivity index (χ4v) is 1.54. The van der Waals surface area contributed by atoms with Crippen molar-refractivity contribution in [3.63, 3.8) is 0 Å². The second kappa shape index (κ2) is 7.14. The molecule has 0 amide bonds. The molecule has 0 bridgehead atoms. The smallest absolute Gasteiger partial charge is 0.161 e. The molecule has 0 saturated carbocycles. The quantitative estimate of drug-likeness (QED) is 0.763. The van der Waals surface area contributed by atoms with E-state index in [1.54, 1.807) is 13.2 Å². The van der Waals surface area contributed by atoms with Gasteiger partial charge in [0, 0.05) is 19.7 Å². The van der Waals surface area contributed by atoms with Crippen LogP contribution in [0.2, 0.25) is 0 Å². The van der Waals surface area contributed by atoms with Crippen LogP contribution in [0.5, 0.6) is 11.5 Å². The fraction of sp³-hybridized carbons (Fsp3) is 0.538. The Bertz CT molecular complexity index is 341. The fourth-order valence-electron chi connectivity index (χ4n) is 1.54. The Kier molecular flexibility index (Phi) is 5.80. The molecule has 4 heteroatoms. The van der Waals surface area contributed by atoms with Crippen molar-refractivity contribution < 1.29 is 14.6 Å². The maximum absolute atomic E-state index is 9.56. The van der Waals surface area contributed by atoms with Crippen LogP contribution >= 0.6 is 0 Å². The summed E-state index contributed by atoms with van der Waals surface area (Å²) in [6, 6.07) is 5.68. The van der Waals surface area contributed by atoms with E-state index in [0.29, 0.717) is 25.0 Å². The minimum absolute atomic E-state index is 0.181. The Hall–Kier alpha value is -1.26. The minimum Gasteiger partial charge on any atom is -0.504 e. The van der Waals surface area contributed by atoms with E-state index in [1.165, 1.54) is 0 Å². The van der Waals surface area contributed by atoms with Crippen LogP contribution < -0.4 is 10.1 Å². The van der Waals surface area contributed by atoms with Gasteiger partial charge in [-0.25, -0.2) is 0 Å². The van der Waals surface area contributed by atoms with Gasteiger partial charge in [0.25, 0.3) is 0 Å². The van der Waals surface area contributed by atoms with Gasteiger partial charge in [-0.2, -0.15) is 0 Å². The van der Waals surface area contributed by atoms with E-state index in [1.807, 2.05) is 19.1 Å². The summed E-state index contributed by atoms with van der Waals surface area (Å²) in [5.41, 5.74) is 1.08. The van der Waals surface area contributed by atoms with E-state index in [0.717, 1.165) is 12.1 Å². The van der Waals surface area contributed by atoms with Crippen LogP contribution in [0, 0.1) is 0 Å². The number of hydrogen-bond acceptors (Lipinski definition) is 4. The first kappa shape index (κ1) is 13.8. The van der Waals surface area contributed by atoms with Gasteiger partial charge in [0.05, 0.1) is 13.2 Å². The van der Waals surface area contributed by atoms with Crippen LogP contribution in [0.1, 0.15) is 19.4 Å². The van der Waals surface area contributed by atoms with E-state index in [4.69, 9.17) is 9.47 Å². The average molecular weight is 239 g/mol. The van der Waals surface area contributed by atoms with Gasteiger partial charge in [-0.1, -0.05) is 6.07 Å². The zero-order valence-corrected chi connectivity index (χ0v) is 10.7. The lowest BCUT2D eigenvalue weighted by Gasteiger charge is -2.13. The first-order chi connectivity index (χ1) is 8.17. The number of ether oxygens (including phenoxy) is 2. The van der Waals surface area contributed by atoms with E-state index in [9.17, 15) is 5.11 Å². The number of benzene rings is 1. The molecule has 4 nitrogen and oxygen atoms in total. The summed E-state index contributed by atoms with van der Waals surface area (Å²) in [6.45, 7) is 5.91. The van der Waals surface area contributed by atoms with Crippen molar-refractivity contribution in [1.29, 1.82) is 0 Å². The number of aromatic hydroxyl groups is 1. The molecule has 1 aromatic rings. The molecule has 96 valence electrons. The summed E-state index contributed by atoms with van der Waals surface area (Å²) < 4.78 is 10.4. The first-order valence-electron chi connectivity index (χ1n) is 5.84. The molecule has 17 heavy (non-hydrogen) atoms. The van der Waals surface area contributed by atoms with Crippen LogP contribution in [-0.2, 0) is 11.3 Å². The Morgan fingerprint density at radius 1 is 1.41 bits per heavy atom. The molecule has 0 fully saturated rings. The summed E-state index contributed by atoms with van der Waals surface area (Å²) in [5, 5.41) is 12.9. The number of methoxy groups -OCH3 is 1. The summed E-state index contributed by atoms with van der Waals surface area (Å²) in [7, 11) is 1.69. The van der Waals surface area contributed by atoms with Crippen LogP contribution in [0.3, 0.4) is 0 Å². The number of hydrogen-bond donors (Lipinski definition) is 2. The lowest BCUT2D eigenvalue weighted by Crippen LogP contribution is -2.29. The molecule has 0 heterocycles. The average Bonchev–Trinajstić information content (AvgIpc) is 2.31. The SMILES string of the molecule is CCOc1cc(CNC(C)COC)ccc1O. The maximum Gasteiger partial charge on any atom is 0.161 e. The number of rotatable bonds is 7. The normalized spacial score (nSPS) is 12.4. The Morgan fingerprint density at radius 2 is 2.18 bits per heavy atom. The first-order valence-corrected chi connectivity index (χ1v) is 5.84. The van der Waals surface area contributed by atoms with Crippen molar-refractivity contribution in [2.75, 3.05) is 20.3 Å². The van der Waals surface area contributed by atoms with Crippen molar-refractivity contribution >= 4 is 0 Å². The van der Waals surface area contributed by atoms with Crippen LogP contribution in [-0.4, -0.2) is 31.5 Å². The molecule has 0 saturated heterocycles. The van der Waals surface area contributed by atoms with Crippen LogP contribution in [0.25, 0.3) is 0 Å². The van der Waals surface area contributed by atoms with Gasteiger partial charge < -0.3 is 19.9 Å². The monoisotopic (exact) mass is 239 g/mol. The highest BCUT2D eigenvalue weighted by Gasteiger charge is 2.05. The van der Waals surface area contributed by atoms with Crippen molar-refractivity contribution in [3.05, 3.63) is 23.8 Å². The largest absolute Gasteiger partial charge is 0.504 e. The summed E-state index contributed by atoms with van der Waals surface area (Å²) in [4.78, 5) is 0. The molecule has 1 unspecified atom stereocenters. The predicted molar refractivity (Wildman–Crippen MR) is 67.5 cm³/mol. The summed E-state index contributed by atoms with van der Waals surface area (Å²) in [6.07, 6.45) is 0. The third-order valence-corrected chi connectivity index (χ3v) is 2.40. The molecule has 1 rings (SSSR count). The molecule has 1 aromatic carbocycles. The summed E-state index contributed by atoms with van der Waals surface area (Å²) >= 11 is 0. The van der Waals surface area contributed by atoms with Gasteiger partial charge in [0.15, 0.2) is 11.5 Å². The minimum atomic E-state index is 0.181. The van der Waals surface area contributed by atoms with Gasteiger partial charge in [-0.05, 0) is 31.5 Å². The topological polar surface area (TPSA) is 50.7 Å². The number of phenolic OH excluding ortho intramolecular Hbond substituents is 1. The molecular formula is C13H21NO3. The third-order valence-electron chi connectivity index (χ3n) is 2.40. The highest BCUT2D eigenvalue weighted by Crippen LogP contribution is 2.26. The zero-order chi connectivity index (χ0) is 12.7. The van der Waals surface area contributed by atoms with Crippen molar-refractivity contribution in [1.82, 2.24) is 5.32 Å². The van der Waals surface area contributed by atoms with Crippen molar-refractivity contribution in [2.24, 2.45) is 0 Å². The van der Waals surface area contributed by atoms with Gasteiger partial charge in [0.1, 0.15) is 0 Å². The van der Waals surface area contributed by atoms with Gasteiger partial charge >= 0.3 is 0 Å². The highest BCUT2D eigenvalue weighted by atomic mass is 16.5. The van der Waals surface area contributed by atoms with E-state index in [2.05, 4.69) is 12.2 Å². The molecule has 1 atom stereocenters. The number of nitrogens with one attached hydrogen (secondary N) is 1. The van der Waals surface area contributed by atoms with E-state index >= 15 is 0 Å². The van der Waals surface area contributed by atoms with Gasteiger partial charge in [0.2, 0.25) is 0 Å². The Balaban J connectivity index is 2.56. The Morgan fingerprint density at radius 3 is 2.82 bits per heavy atom. The highest BCUT2D eigenvalue weighted by molar-refractivity contribution is 5.41. The summed E-state index contributed by atoms with van der Waals surface area (Å²) in [5.74, 6) is 0.715.